The van der Waals surface area contributed by atoms with E-state index in [0.717, 1.165) is 29.6 Å². The summed E-state index contributed by atoms with van der Waals surface area (Å²) in [5.41, 5.74) is 0. The molecule has 0 aromatic carbocycles. The lowest BCUT2D eigenvalue weighted by molar-refractivity contribution is 0.326. The van der Waals surface area contributed by atoms with Crippen molar-refractivity contribution in [3.05, 3.63) is 24.3 Å². The minimum Gasteiger partial charge on any atom is -0.0851 e. The molecule has 11 heavy (non-hydrogen) atoms. The summed E-state index contributed by atoms with van der Waals surface area (Å²) in [6, 6.07) is 0. The minimum atomic E-state index is 0.847. The molecule has 1 saturated carbocycles. The monoisotopic (exact) mass is 146 g/mol. The van der Waals surface area contributed by atoms with Crippen molar-refractivity contribution in [3.63, 3.8) is 0 Å². The Bertz CT molecular complexity index is 236. The fourth-order valence-corrected chi connectivity index (χ4v) is 3.34. The van der Waals surface area contributed by atoms with Gasteiger partial charge in [-0.15, -0.1) is 0 Å². The smallest absolute Gasteiger partial charge is 0.0131 e. The number of rotatable bonds is 0. The molecule has 0 unspecified atom stereocenters. The van der Waals surface area contributed by atoms with E-state index >= 15 is 0 Å². The molecule has 0 aliphatic heterocycles. The van der Waals surface area contributed by atoms with Gasteiger partial charge in [0.1, 0.15) is 0 Å². The van der Waals surface area contributed by atoms with E-state index in [1.165, 1.54) is 6.42 Å². The topological polar surface area (TPSA) is 0 Å². The molecule has 58 valence electrons. The van der Waals surface area contributed by atoms with Crippen molar-refractivity contribution in [2.45, 2.75) is 13.3 Å². The van der Waals surface area contributed by atoms with Gasteiger partial charge in [0.2, 0.25) is 0 Å². The molecular formula is C11H14. The van der Waals surface area contributed by atoms with Crippen LogP contribution in [0, 0.1) is 29.6 Å². The molecule has 1 fully saturated rings. The van der Waals surface area contributed by atoms with Gasteiger partial charge < -0.3 is 0 Å². The zero-order chi connectivity index (χ0) is 7.42. The summed E-state index contributed by atoms with van der Waals surface area (Å²) in [4.78, 5) is 0. The Kier molecular flexibility index (Phi) is 0.988. The van der Waals surface area contributed by atoms with Gasteiger partial charge >= 0.3 is 0 Å². The maximum absolute atomic E-state index is 2.46. The predicted molar refractivity (Wildman–Crippen MR) is 46.0 cm³/mol. The first-order chi connectivity index (χ1) is 5.36. The van der Waals surface area contributed by atoms with Gasteiger partial charge in [-0.2, -0.15) is 0 Å². The van der Waals surface area contributed by atoms with Gasteiger partial charge in [-0.3, -0.25) is 0 Å². The molecule has 0 heterocycles. The molecule has 0 saturated heterocycles. The Balaban J connectivity index is 2.02. The van der Waals surface area contributed by atoms with E-state index in [1.807, 2.05) is 0 Å². The van der Waals surface area contributed by atoms with E-state index in [2.05, 4.69) is 31.2 Å². The van der Waals surface area contributed by atoms with Crippen molar-refractivity contribution in [2.24, 2.45) is 29.6 Å². The number of allylic oxidation sites excluding steroid dienone is 4. The van der Waals surface area contributed by atoms with E-state index in [9.17, 15) is 0 Å². The van der Waals surface area contributed by atoms with Crippen molar-refractivity contribution >= 4 is 0 Å². The number of hydrogen-bond acceptors (Lipinski definition) is 0. The van der Waals surface area contributed by atoms with Gasteiger partial charge in [0.25, 0.3) is 0 Å². The predicted octanol–water partition coefficient (Wildman–Crippen LogP) is 2.63. The molecule has 3 rings (SSSR count). The van der Waals surface area contributed by atoms with Crippen LogP contribution in [0.3, 0.4) is 0 Å². The highest BCUT2D eigenvalue weighted by atomic mass is 14.5. The fourth-order valence-electron chi connectivity index (χ4n) is 3.34. The van der Waals surface area contributed by atoms with Gasteiger partial charge in [-0.25, -0.2) is 0 Å². The summed E-state index contributed by atoms with van der Waals surface area (Å²) >= 11 is 0. The largest absolute Gasteiger partial charge is 0.0851 e. The molecule has 0 radical (unpaired) electrons. The third-order valence-corrected chi connectivity index (χ3v) is 3.83. The molecule has 3 aliphatic rings. The molecule has 0 amide bonds. The van der Waals surface area contributed by atoms with Gasteiger partial charge in [-0.1, -0.05) is 31.2 Å². The van der Waals surface area contributed by atoms with Gasteiger partial charge in [-0.05, 0) is 36.0 Å². The molecule has 0 nitrogen and oxygen atoms in total. The lowest BCUT2D eigenvalue weighted by Gasteiger charge is -2.23. The first-order valence-electron chi connectivity index (χ1n) is 4.73. The lowest BCUT2D eigenvalue weighted by Crippen LogP contribution is -2.18. The summed E-state index contributed by atoms with van der Waals surface area (Å²) in [7, 11) is 0. The summed E-state index contributed by atoms with van der Waals surface area (Å²) < 4.78 is 0. The average molecular weight is 146 g/mol. The summed E-state index contributed by atoms with van der Waals surface area (Å²) in [6.45, 7) is 2.37. The average Bonchev–Trinajstić information content (AvgIpc) is 2.60. The molecule has 5 atom stereocenters. The van der Waals surface area contributed by atoms with Crippen molar-refractivity contribution in [1.29, 1.82) is 0 Å². The Morgan fingerprint density at radius 2 is 1.82 bits per heavy atom. The first kappa shape index (κ1) is 6.05. The lowest BCUT2D eigenvalue weighted by atomic mass is 9.81. The highest BCUT2D eigenvalue weighted by molar-refractivity contribution is 5.23. The van der Waals surface area contributed by atoms with Crippen LogP contribution in [0.25, 0.3) is 0 Å². The van der Waals surface area contributed by atoms with Crippen LogP contribution in [-0.2, 0) is 0 Å². The third kappa shape index (κ3) is 0.610. The maximum Gasteiger partial charge on any atom is -0.0131 e. The van der Waals surface area contributed by atoms with Gasteiger partial charge in [0.15, 0.2) is 0 Å². The second-order valence-electron chi connectivity index (χ2n) is 4.35. The second-order valence-corrected chi connectivity index (χ2v) is 4.35. The Morgan fingerprint density at radius 1 is 1.00 bits per heavy atom. The summed E-state index contributed by atoms with van der Waals surface area (Å²) in [5.74, 6) is 4.58. The highest BCUT2D eigenvalue weighted by Gasteiger charge is 2.47. The van der Waals surface area contributed by atoms with Gasteiger partial charge in [0, 0.05) is 0 Å². The fraction of sp³-hybridized carbons (Fsp3) is 0.636. The maximum atomic E-state index is 2.46. The molecule has 0 heteroatoms. The van der Waals surface area contributed by atoms with Gasteiger partial charge in [0.05, 0.1) is 0 Å². The molecule has 2 bridgehead atoms. The third-order valence-electron chi connectivity index (χ3n) is 3.83. The van der Waals surface area contributed by atoms with E-state index in [1.54, 1.807) is 0 Å². The Morgan fingerprint density at radius 3 is 2.64 bits per heavy atom. The van der Waals surface area contributed by atoms with Crippen LogP contribution in [-0.4, -0.2) is 0 Å². The van der Waals surface area contributed by atoms with E-state index in [4.69, 9.17) is 0 Å². The van der Waals surface area contributed by atoms with Crippen LogP contribution in [0.2, 0.25) is 0 Å². The van der Waals surface area contributed by atoms with E-state index in [0.29, 0.717) is 0 Å². The van der Waals surface area contributed by atoms with E-state index in [-0.39, 0.29) is 0 Å². The standard InChI is InChI=1S/C11H14/c1-7-2-5-10-8-3-4-9(6-8)11(7)10/h2-5,7-11H,6H2,1H3/t7-,8+,9-,10-,11+/m1/s1. The second kappa shape index (κ2) is 1.80. The zero-order valence-corrected chi connectivity index (χ0v) is 6.90. The Hall–Kier alpha value is -0.520. The number of hydrogen-bond donors (Lipinski definition) is 0. The zero-order valence-electron chi connectivity index (χ0n) is 6.90. The van der Waals surface area contributed by atoms with Crippen LogP contribution in [0.5, 0.6) is 0 Å². The molecule has 0 spiro atoms. The van der Waals surface area contributed by atoms with Crippen LogP contribution in [0.4, 0.5) is 0 Å². The highest BCUT2D eigenvalue weighted by Crippen LogP contribution is 2.54. The van der Waals surface area contributed by atoms with E-state index < -0.39 is 0 Å². The van der Waals surface area contributed by atoms with Crippen molar-refractivity contribution in [2.75, 3.05) is 0 Å². The minimum absolute atomic E-state index is 0.847. The van der Waals surface area contributed by atoms with Crippen molar-refractivity contribution in [3.8, 4) is 0 Å². The van der Waals surface area contributed by atoms with Crippen LogP contribution in [0.15, 0.2) is 24.3 Å². The Labute approximate surface area is 68.0 Å². The summed E-state index contributed by atoms with van der Waals surface area (Å²) in [6.07, 6.45) is 11.2. The van der Waals surface area contributed by atoms with Crippen molar-refractivity contribution < 1.29 is 0 Å². The normalized spacial score (nSPS) is 57.4. The quantitative estimate of drug-likeness (QED) is 0.461. The van der Waals surface area contributed by atoms with Crippen LogP contribution < -0.4 is 0 Å². The number of fused-ring (bicyclic) bond motifs is 5. The molecule has 3 aliphatic carbocycles. The summed E-state index contributed by atoms with van der Waals surface area (Å²) in [5, 5.41) is 0. The van der Waals surface area contributed by atoms with Crippen LogP contribution >= 0.6 is 0 Å². The SMILES string of the molecule is C[C@@H]1C=C[C@H]2[C@@H]1[C@@H]1C=C[C@H]2C1. The molecule has 0 aromatic rings. The van der Waals surface area contributed by atoms with Crippen molar-refractivity contribution in [1.82, 2.24) is 0 Å². The molecule has 0 aromatic heterocycles. The first-order valence-corrected chi connectivity index (χ1v) is 4.73. The molecular weight excluding hydrogens is 132 g/mol. The molecule has 0 N–H and O–H groups in total. The van der Waals surface area contributed by atoms with Crippen LogP contribution in [0.1, 0.15) is 13.3 Å².